The van der Waals surface area contributed by atoms with Crippen molar-refractivity contribution in [2.24, 2.45) is 0 Å². The second kappa shape index (κ2) is 21.4. The van der Waals surface area contributed by atoms with E-state index in [1.165, 1.54) is 111 Å². The Morgan fingerprint density at radius 1 is 0.714 bits per heavy atom. The summed E-state index contributed by atoms with van der Waals surface area (Å²) in [5, 5.41) is 19.0. The fraction of sp³-hybridized carbons (Fsp3) is 0.767. The van der Waals surface area contributed by atoms with E-state index in [9.17, 15) is 10.4 Å². The van der Waals surface area contributed by atoms with Crippen molar-refractivity contribution >= 4 is 0 Å². The van der Waals surface area contributed by atoms with Crippen LogP contribution in [-0.4, -0.2) is 32.0 Å². The molecule has 5 nitrogen and oxygen atoms in total. The first-order valence-electron chi connectivity index (χ1n) is 14.1. The molecule has 0 bridgehead atoms. The predicted molar refractivity (Wildman–Crippen MR) is 145 cm³/mol. The maximum atomic E-state index is 9.74. The zero-order valence-electron chi connectivity index (χ0n) is 22.8. The first-order chi connectivity index (χ1) is 17.2. The number of methoxy groups -OCH3 is 2. The number of nitrogens with zero attached hydrogens (tertiary/aromatic N) is 1. The summed E-state index contributed by atoms with van der Waals surface area (Å²) in [6.07, 6.45) is 23.5. The highest BCUT2D eigenvalue weighted by Gasteiger charge is 2.16. The summed E-state index contributed by atoms with van der Waals surface area (Å²) in [5.74, 6) is 1.37. The van der Waals surface area contributed by atoms with Crippen LogP contribution in [0.3, 0.4) is 0 Å². The summed E-state index contributed by atoms with van der Waals surface area (Å²) in [7, 11) is 3.03. The van der Waals surface area contributed by atoms with Gasteiger partial charge in [0.25, 0.3) is 0 Å². The first-order valence-corrected chi connectivity index (χ1v) is 14.1. The molecule has 1 rings (SSSR count). The summed E-state index contributed by atoms with van der Waals surface area (Å²) < 4.78 is 16.5. The van der Waals surface area contributed by atoms with Crippen molar-refractivity contribution in [2.45, 2.75) is 129 Å². The summed E-state index contributed by atoms with van der Waals surface area (Å²) >= 11 is 0. The Hall–Kier alpha value is -1.93. The molecular formula is C30H51NO4. The molecule has 0 saturated heterocycles. The van der Waals surface area contributed by atoms with Gasteiger partial charge in [-0.05, 0) is 12.8 Å². The molecule has 0 aliphatic heterocycles. The van der Waals surface area contributed by atoms with Gasteiger partial charge in [0.05, 0.1) is 20.8 Å². The van der Waals surface area contributed by atoms with Crippen molar-refractivity contribution in [1.82, 2.24) is 0 Å². The second-order valence-electron chi connectivity index (χ2n) is 9.68. The Kier molecular flexibility index (Phi) is 19.0. The fourth-order valence-electron chi connectivity index (χ4n) is 4.54. The minimum atomic E-state index is -0.270. The van der Waals surface area contributed by atoms with Crippen LogP contribution >= 0.6 is 0 Å². The van der Waals surface area contributed by atoms with Crippen molar-refractivity contribution in [2.75, 3.05) is 20.8 Å². The van der Waals surface area contributed by atoms with Crippen molar-refractivity contribution in [3.63, 3.8) is 0 Å². The molecule has 1 atom stereocenters. The van der Waals surface area contributed by atoms with Gasteiger partial charge in [-0.3, -0.25) is 0 Å². The Morgan fingerprint density at radius 3 is 1.46 bits per heavy atom. The van der Waals surface area contributed by atoms with Crippen molar-refractivity contribution in [1.29, 1.82) is 5.26 Å². The Balaban J connectivity index is 2.06. The SMILES string of the molecule is CCCCCCCCCCCCCCCCCCCC(CO)Oc1cc(OC)c(C#N)c(OC)c1. The molecule has 5 heteroatoms. The molecule has 0 fully saturated rings. The normalized spacial score (nSPS) is 11.7. The third kappa shape index (κ3) is 14.3. The van der Waals surface area contributed by atoms with Gasteiger partial charge in [-0.15, -0.1) is 0 Å². The Morgan fingerprint density at radius 2 is 1.11 bits per heavy atom. The molecule has 0 saturated carbocycles. The van der Waals surface area contributed by atoms with E-state index in [-0.39, 0.29) is 12.7 Å². The van der Waals surface area contributed by atoms with Gasteiger partial charge >= 0.3 is 0 Å². The molecule has 200 valence electrons. The topological polar surface area (TPSA) is 71.7 Å². The van der Waals surface area contributed by atoms with Gasteiger partial charge in [0, 0.05) is 12.1 Å². The summed E-state index contributed by atoms with van der Waals surface area (Å²) in [6.45, 7) is 2.24. The van der Waals surface area contributed by atoms with Gasteiger partial charge in [0.1, 0.15) is 35.0 Å². The maximum absolute atomic E-state index is 9.74. The molecule has 0 aliphatic rings. The summed E-state index contributed by atoms with van der Waals surface area (Å²) in [5.41, 5.74) is 0.344. The molecule has 0 heterocycles. The number of hydrogen-bond acceptors (Lipinski definition) is 5. The largest absolute Gasteiger partial charge is 0.495 e. The molecular weight excluding hydrogens is 438 g/mol. The van der Waals surface area contributed by atoms with Crippen LogP contribution in [0.5, 0.6) is 17.2 Å². The predicted octanol–water partition coefficient (Wildman–Crippen LogP) is 8.36. The average Bonchev–Trinajstić information content (AvgIpc) is 2.88. The molecule has 0 amide bonds. The Labute approximate surface area is 215 Å². The monoisotopic (exact) mass is 489 g/mol. The average molecular weight is 490 g/mol. The van der Waals surface area contributed by atoms with Gasteiger partial charge < -0.3 is 19.3 Å². The molecule has 35 heavy (non-hydrogen) atoms. The van der Waals surface area contributed by atoms with Crippen LogP contribution < -0.4 is 14.2 Å². The van der Waals surface area contributed by atoms with E-state index >= 15 is 0 Å². The fourth-order valence-corrected chi connectivity index (χ4v) is 4.54. The van der Waals surface area contributed by atoms with Gasteiger partial charge in [-0.25, -0.2) is 0 Å². The number of aliphatic hydroxyl groups is 1. The molecule has 0 aromatic heterocycles. The molecule has 0 spiro atoms. The van der Waals surface area contributed by atoms with Crippen LogP contribution in [0, 0.1) is 11.3 Å². The van der Waals surface area contributed by atoms with E-state index in [2.05, 4.69) is 13.0 Å². The lowest BCUT2D eigenvalue weighted by Crippen LogP contribution is -2.21. The maximum Gasteiger partial charge on any atom is 0.144 e. The van der Waals surface area contributed by atoms with Crippen molar-refractivity contribution < 1.29 is 19.3 Å². The third-order valence-corrected chi connectivity index (χ3v) is 6.73. The van der Waals surface area contributed by atoms with E-state index in [1.807, 2.05) is 0 Å². The number of nitriles is 1. The minimum Gasteiger partial charge on any atom is -0.495 e. The minimum absolute atomic E-state index is 0.0382. The number of rotatable bonds is 23. The molecule has 0 aliphatic carbocycles. The number of hydrogen-bond donors (Lipinski definition) is 1. The lowest BCUT2D eigenvalue weighted by molar-refractivity contribution is 0.105. The highest BCUT2D eigenvalue weighted by Crippen LogP contribution is 2.34. The number of aliphatic hydroxyl groups excluding tert-OH is 1. The van der Waals surface area contributed by atoms with Crippen molar-refractivity contribution in [3.05, 3.63) is 17.7 Å². The molecule has 0 radical (unpaired) electrons. The number of benzene rings is 1. The van der Waals surface area contributed by atoms with Crippen LogP contribution in [-0.2, 0) is 0 Å². The molecule has 1 unspecified atom stereocenters. The van der Waals surface area contributed by atoms with Crippen LogP contribution in [0.25, 0.3) is 0 Å². The molecule has 1 aromatic carbocycles. The van der Waals surface area contributed by atoms with E-state index in [0.717, 1.165) is 19.3 Å². The standard InChI is InChI=1S/C30H51NO4/c1-4-5-6-7-8-9-10-11-12-13-14-15-16-17-18-19-20-21-26(25-32)35-27-22-29(33-2)28(24-31)30(23-27)34-3/h22-23,26,32H,4-21,25H2,1-3H3. The number of ether oxygens (including phenoxy) is 3. The first kappa shape index (κ1) is 31.1. The lowest BCUT2D eigenvalue weighted by Gasteiger charge is -2.18. The van der Waals surface area contributed by atoms with E-state index in [4.69, 9.17) is 14.2 Å². The quantitative estimate of drug-likeness (QED) is 0.156. The molecule has 1 N–H and O–H groups in total. The number of unbranched alkanes of at least 4 members (excludes halogenated alkanes) is 16. The van der Waals surface area contributed by atoms with Gasteiger partial charge in [-0.1, -0.05) is 110 Å². The zero-order valence-corrected chi connectivity index (χ0v) is 22.8. The van der Waals surface area contributed by atoms with Gasteiger partial charge in [-0.2, -0.15) is 5.26 Å². The van der Waals surface area contributed by atoms with E-state index in [0.29, 0.717) is 22.8 Å². The second-order valence-corrected chi connectivity index (χ2v) is 9.68. The van der Waals surface area contributed by atoms with Crippen molar-refractivity contribution in [3.8, 4) is 23.3 Å². The summed E-state index contributed by atoms with van der Waals surface area (Å²) in [4.78, 5) is 0. The van der Waals surface area contributed by atoms with Crippen LogP contribution in [0.1, 0.15) is 128 Å². The van der Waals surface area contributed by atoms with Crippen LogP contribution in [0.15, 0.2) is 12.1 Å². The third-order valence-electron chi connectivity index (χ3n) is 6.73. The van der Waals surface area contributed by atoms with E-state index < -0.39 is 0 Å². The van der Waals surface area contributed by atoms with Gasteiger partial charge in [0.2, 0.25) is 0 Å². The van der Waals surface area contributed by atoms with Crippen LogP contribution in [0.4, 0.5) is 0 Å². The van der Waals surface area contributed by atoms with Gasteiger partial charge in [0.15, 0.2) is 0 Å². The summed E-state index contributed by atoms with van der Waals surface area (Å²) in [6, 6.07) is 5.45. The smallest absolute Gasteiger partial charge is 0.144 e. The highest BCUT2D eigenvalue weighted by molar-refractivity contribution is 5.57. The highest BCUT2D eigenvalue weighted by atomic mass is 16.5. The lowest BCUT2D eigenvalue weighted by atomic mass is 10.0. The van der Waals surface area contributed by atoms with E-state index in [1.54, 1.807) is 12.1 Å². The molecule has 1 aromatic rings. The van der Waals surface area contributed by atoms with Crippen LogP contribution in [0.2, 0.25) is 0 Å². The Bertz CT molecular complexity index is 660. The zero-order chi connectivity index (χ0) is 25.6.